The Kier molecular flexibility index (Phi) is 4.55. The second-order valence-electron chi connectivity index (χ2n) is 4.77. The van der Waals surface area contributed by atoms with Crippen LogP contribution in [0.25, 0.3) is 6.08 Å². The highest BCUT2D eigenvalue weighted by Gasteiger charge is 2.15. The van der Waals surface area contributed by atoms with Crippen LogP contribution in [0.15, 0.2) is 24.3 Å². The Hall–Kier alpha value is -1.84. The van der Waals surface area contributed by atoms with Gasteiger partial charge in [0.1, 0.15) is 11.6 Å². The van der Waals surface area contributed by atoms with Crippen molar-refractivity contribution in [2.75, 3.05) is 0 Å². The third-order valence-electron chi connectivity index (χ3n) is 3.17. The first-order chi connectivity index (χ1) is 9.13. The molecule has 0 atom stereocenters. The fourth-order valence-corrected chi connectivity index (χ4v) is 2.29. The van der Waals surface area contributed by atoms with Gasteiger partial charge in [0.25, 0.3) is 0 Å². The largest absolute Gasteiger partial charge is 0.490 e. The molecule has 0 radical (unpaired) electrons. The molecule has 1 aromatic rings. The van der Waals surface area contributed by atoms with Gasteiger partial charge in [0.15, 0.2) is 0 Å². The van der Waals surface area contributed by atoms with Crippen molar-refractivity contribution in [1.29, 1.82) is 0 Å². The minimum absolute atomic E-state index is 0.145. The summed E-state index contributed by atoms with van der Waals surface area (Å²) in [5.41, 5.74) is 0.494. The van der Waals surface area contributed by atoms with Crippen LogP contribution in [0.2, 0.25) is 0 Å². The number of ether oxygens (including phenoxy) is 1. The number of hydrogen-bond donors (Lipinski definition) is 1. The standard InChI is InChI=1S/C15H17FO3/c16-12-8-11(6-7-15(17)18)9-14(10-12)19-13-4-2-1-3-5-13/h6-10,13H,1-5H2,(H,17,18)/b7-6+. The number of carboxylic acid groups (broad SMARTS) is 1. The summed E-state index contributed by atoms with van der Waals surface area (Å²) in [6.45, 7) is 0. The molecule has 0 aromatic heterocycles. The Morgan fingerprint density at radius 1 is 1.26 bits per heavy atom. The molecule has 0 heterocycles. The molecular formula is C15H17FO3. The van der Waals surface area contributed by atoms with E-state index in [0.717, 1.165) is 31.8 Å². The van der Waals surface area contributed by atoms with Gasteiger partial charge in [-0.15, -0.1) is 0 Å². The lowest BCUT2D eigenvalue weighted by Gasteiger charge is -2.23. The van der Waals surface area contributed by atoms with E-state index in [-0.39, 0.29) is 6.10 Å². The second kappa shape index (κ2) is 6.36. The molecule has 1 N–H and O–H groups in total. The van der Waals surface area contributed by atoms with Gasteiger partial charge in [-0.1, -0.05) is 6.42 Å². The molecular weight excluding hydrogens is 247 g/mol. The molecule has 1 aliphatic rings. The Morgan fingerprint density at radius 3 is 2.68 bits per heavy atom. The van der Waals surface area contributed by atoms with Crippen molar-refractivity contribution in [2.45, 2.75) is 38.2 Å². The average Bonchev–Trinajstić information content (AvgIpc) is 2.37. The van der Waals surface area contributed by atoms with E-state index in [1.54, 1.807) is 6.07 Å². The van der Waals surface area contributed by atoms with Gasteiger partial charge >= 0.3 is 5.97 Å². The average molecular weight is 264 g/mol. The molecule has 0 bridgehead atoms. The first-order valence-corrected chi connectivity index (χ1v) is 6.52. The highest BCUT2D eigenvalue weighted by Crippen LogP contribution is 2.25. The van der Waals surface area contributed by atoms with Crippen LogP contribution >= 0.6 is 0 Å². The lowest BCUT2D eigenvalue weighted by molar-refractivity contribution is -0.131. The van der Waals surface area contributed by atoms with E-state index in [9.17, 15) is 9.18 Å². The van der Waals surface area contributed by atoms with E-state index in [2.05, 4.69) is 0 Å². The summed E-state index contributed by atoms with van der Waals surface area (Å²) < 4.78 is 19.2. The molecule has 0 saturated heterocycles. The second-order valence-corrected chi connectivity index (χ2v) is 4.77. The predicted octanol–water partition coefficient (Wildman–Crippen LogP) is 3.64. The molecule has 1 saturated carbocycles. The molecule has 1 fully saturated rings. The smallest absolute Gasteiger partial charge is 0.328 e. The van der Waals surface area contributed by atoms with Gasteiger partial charge in [-0.3, -0.25) is 0 Å². The Bertz CT molecular complexity index is 476. The van der Waals surface area contributed by atoms with E-state index < -0.39 is 11.8 Å². The summed E-state index contributed by atoms with van der Waals surface area (Å²) in [5, 5.41) is 8.56. The summed E-state index contributed by atoms with van der Waals surface area (Å²) in [6.07, 6.45) is 8.01. The summed E-state index contributed by atoms with van der Waals surface area (Å²) in [6, 6.07) is 4.29. The van der Waals surface area contributed by atoms with Crippen LogP contribution in [-0.2, 0) is 4.79 Å². The van der Waals surface area contributed by atoms with Gasteiger partial charge < -0.3 is 9.84 Å². The summed E-state index contributed by atoms with van der Waals surface area (Å²) >= 11 is 0. The zero-order chi connectivity index (χ0) is 13.7. The van der Waals surface area contributed by atoms with Crippen LogP contribution in [0, 0.1) is 5.82 Å². The van der Waals surface area contributed by atoms with Crippen molar-refractivity contribution in [3.63, 3.8) is 0 Å². The van der Waals surface area contributed by atoms with Crippen LogP contribution < -0.4 is 4.74 Å². The first kappa shape index (κ1) is 13.6. The predicted molar refractivity (Wildman–Crippen MR) is 70.6 cm³/mol. The maximum atomic E-state index is 13.4. The minimum Gasteiger partial charge on any atom is -0.490 e. The van der Waals surface area contributed by atoms with Crippen LogP contribution in [0.1, 0.15) is 37.7 Å². The third kappa shape index (κ3) is 4.39. The van der Waals surface area contributed by atoms with Crippen molar-refractivity contribution in [3.05, 3.63) is 35.7 Å². The Labute approximate surface area is 111 Å². The number of carboxylic acids is 1. The lowest BCUT2D eigenvalue weighted by atomic mass is 9.98. The number of halogens is 1. The van der Waals surface area contributed by atoms with Crippen molar-refractivity contribution in [1.82, 2.24) is 0 Å². The van der Waals surface area contributed by atoms with E-state index in [1.165, 1.54) is 24.6 Å². The molecule has 19 heavy (non-hydrogen) atoms. The SMILES string of the molecule is O=C(O)/C=C/c1cc(F)cc(OC2CCCCC2)c1. The van der Waals surface area contributed by atoms with E-state index in [0.29, 0.717) is 11.3 Å². The number of benzene rings is 1. The van der Waals surface area contributed by atoms with Gasteiger partial charge in [0, 0.05) is 12.1 Å². The molecule has 3 nitrogen and oxygen atoms in total. The van der Waals surface area contributed by atoms with E-state index in [1.807, 2.05) is 0 Å². The topological polar surface area (TPSA) is 46.5 Å². The molecule has 0 aliphatic heterocycles. The zero-order valence-corrected chi connectivity index (χ0v) is 10.6. The summed E-state index contributed by atoms with van der Waals surface area (Å²) in [4.78, 5) is 10.4. The zero-order valence-electron chi connectivity index (χ0n) is 10.6. The quantitative estimate of drug-likeness (QED) is 0.844. The molecule has 0 unspecified atom stereocenters. The van der Waals surface area contributed by atoms with Gasteiger partial charge in [0.05, 0.1) is 6.10 Å². The lowest BCUT2D eigenvalue weighted by Crippen LogP contribution is -2.19. The van der Waals surface area contributed by atoms with Crippen molar-refractivity contribution >= 4 is 12.0 Å². The Morgan fingerprint density at radius 2 is 2.00 bits per heavy atom. The van der Waals surface area contributed by atoms with Crippen molar-refractivity contribution < 1.29 is 19.0 Å². The summed E-state index contributed by atoms with van der Waals surface area (Å²) in [5.74, 6) is -1.01. The number of aliphatic carboxylic acids is 1. The van der Waals surface area contributed by atoms with Gasteiger partial charge in [0.2, 0.25) is 0 Å². The molecule has 2 rings (SSSR count). The van der Waals surface area contributed by atoms with Crippen LogP contribution in [0.3, 0.4) is 0 Å². The molecule has 0 amide bonds. The molecule has 102 valence electrons. The van der Waals surface area contributed by atoms with Crippen LogP contribution in [0.4, 0.5) is 4.39 Å². The van der Waals surface area contributed by atoms with Gasteiger partial charge in [-0.05, 0) is 49.5 Å². The molecule has 1 aromatic carbocycles. The highest BCUT2D eigenvalue weighted by molar-refractivity contribution is 5.85. The number of hydrogen-bond acceptors (Lipinski definition) is 2. The number of carbonyl (C=O) groups is 1. The Balaban J connectivity index is 2.09. The van der Waals surface area contributed by atoms with Crippen LogP contribution in [-0.4, -0.2) is 17.2 Å². The van der Waals surface area contributed by atoms with Crippen molar-refractivity contribution in [2.24, 2.45) is 0 Å². The molecule has 1 aliphatic carbocycles. The maximum absolute atomic E-state index is 13.4. The fraction of sp³-hybridized carbons (Fsp3) is 0.400. The fourth-order valence-electron chi connectivity index (χ4n) is 2.29. The minimum atomic E-state index is -1.06. The highest BCUT2D eigenvalue weighted by atomic mass is 19.1. The normalized spacial score (nSPS) is 16.7. The van der Waals surface area contributed by atoms with E-state index in [4.69, 9.17) is 9.84 Å². The van der Waals surface area contributed by atoms with Gasteiger partial charge in [-0.2, -0.15) is 0 Å². The third-order valence-corrected chi connectivity index (χ3v) is 3.17. The van der Waals surface area contributed by atoms with Gasteiger partial charge in [-0.25, -0.2) is 9.18 Å². The molecule has 0 spiro atoms. The first-order valence-electron chi connectivity index (χ1n) is 6.52. The van der Waals surface area contributed by atoms with Crippen LogP contribution in [0.5, 0.6) is 5.75 Å². The molecule has 4 heteroatoms. The maximum Gasteiger partial charge on any atom is 0.328 e. The number of rotatable bonds is 4. The van der Waals surface area contributed by atoms with E-state index >= 15 is 0 Å². The monoisotopic (exact) mass is 264 g/mol. The summed E-state index contributed by atoms with van der Waals surface area (Å²) in [7, 11) is 0. The van der Waals surface area contributed by atoms with Crippen molar-refractivity contribution in [3.8, 4) is 5.75 Å².